The number of halogens is 3. The summed E-state index contributed by atoms with van der Waals surface area (Å²) in [5.74, 6) is -1.51. The number of aliphatic carboxylic acids is 1. The SMILES string of the molecule is CC(c1ccc(Cl)cc1N)N1C(=O)c2cc(I)ccc2N(CCCCC(=O)O)C(=O)[C@@H]1c1ccc(Cl)cc1. The van der Waals surface area contributed by atoms with Gasteiger partial charge in [0.2, 0.25) is 0 Å². The van der Waals surface area contributed by atoms with Gasteiger partial charge in [0.25, 0.3) is 11.8 Å². The molecule has 198 valence electrons. The molecule has 38 heavy (non-hydrogen) atoms. The van der Waals surface area contributed by atoms with Gasteiger partial charge in [0, 0.05) is 32.3 Å². The molecule has 2 atom stereocenters. The normalized spacial score (nSPS) is 16.3. The molecular weight excluding hydrogens is 640 g/mol. The first kappa shape index (κ1) is 28.2. The molecule has 7 nitrogen and oxygen atoms in total. The lowest BCUT2D eigenvalue weighted by atomic mass is 9.97. The van der Waals surface area contributed by atoms with Crippen LogP contribution in [0, 0.1) is 3.57 Å². The average Bonchev–Trinajstić information content (AvgIpc) is 2.95. The first-order valence-electron chi connectivity index (χ1n) is 12.0. The van der Waals surface area contributed by atoms with Crippen molar-refractivity contribution in [2.24, 2.45) is 0 Å². The molecule has 10 heteroatoms. The summed E-state index contributed by atoms with van der Waals surface area (Å²) in [5, 5.41) is 10.0. The molecule has 3 aromatic carbocycles. The van der Waals surface area contributed by atoms with Crippen molar-refractivity contribution in [3.63, 3.8) is 0 Å². The van der Waals surface area contributed by atoms with Crippen molar-refractivity contribution >= 4 is 75.0 Å². The van der Waals surface area contributed by atoms with Crippen molar-refractivity contribution in [1.82, 2.24) is 4.90 Å². The number of carbonyl (C=O) groups excluding carboxylic acids is 2. The number of nitrogen functional groups attached to an aromatic ring is 1. The average molecular weight is 666 g/mol. The van der Waals surface area contributed by atoms with E-state index in [0.29, 0.717) is 51.0 Å². The van der Waals surface area contributed by atoms with Gasteiger partial charge in [-0.15, -0.1) is 0 Å². The molecule has 1 aliphatic rings. The molecule has 0 saturated carbocycles. The fraction of sp³-hybridized carbons (Fsp3) is 0.250. The Labute approximate surface area is 244 Å². The Kier molecular flexibility index (Phi) is 8.85. The summed E-state index contributed by atoms with van der Waals surface area (Å²) in [5.41, 5.74) is 8.88. The van der Waals surface area contributed by atoms with Crippen molar-refractivity contribution in [3.8, 4) is 0 Å². The zero-order chi connectivity index (χ0) is 27.6. The van der Waals surface area contributed by atoms with E-state index in [0.717, 1.165) is 3.57 Å². The second-order valence-corrected chi connectivity index (χ2v) is 11.2. The third-order valence-electron chi connectivity index (χ3n) is 6.62. The Bertz CT molecular complexity index is 1380. The molecule has 3 aromatic rings. The number of carboxylic acids is 1. The second-order valence-electron chi connectivity index (χ2n) is 9.12. The lowest BCUT2D eigenvalue weighted by molar-refractivity contribution is -0.137. The van der Waals surface area contributed by atoms with Gasteiger partial charge in [0.1, 0.15) is 6.04 Å². The molecular formula is C28H26Cl2IN3O4. The van der Waals surface area contributed by atoms with E-state index < -0.39 is 18.1 Å². The first-order chi connectivity index (χ1) is 18.1. The van der Waals surface area contributed by atoms with E-state index in [2.05, 4.69) is 22.6 Å². The Balaban J connectivity index is 1.88. The van der Waals surface area contributed by atoms with Crippen LogP contribution in [0.25, 0.3) is 0 Å². The number of hydrogen-bond acceptors (Lipinski definition) is 4. The topological polar surface area (TPSA) is 104 Å². The van der Waals surface area contributed by atoms with E-state index >= 15 is 0 Å². The quantitative estimate of drug-likeness (QED) is 0.158. The van der Waals surface area contributed by atoms with Gasteiger partial charge in [0.15, 0.2) is 0 Å². The molecule has 0 radical (unpaired) electrons. The van der Waals surface area contributed by atoms with Gasteiger partial charge >= 0.3 is 5.97 Å². The maximum Gasteiger partial charge on any atom is 0.303 e. The Hall–Kier alpha value is -2.82. The van der Waals surface area contributed by atoms with E-state index in [1.807, 2.05) is 13.0 Å². The number of nitrogens with two attached hydrogens (primary N) is 1. The van der Waals surface area contributed by atoms with Crippen LogP contribution in [0.15, 0.2) is 60.7 Å². The van der Waals surface area contributed by atoms with Crippen LogP contribution in [0.2, 0.25) is 10.0 Å². The Morgan fingerprint density at radius 1 is 1.03 bits per heavy atom. The fourth-order valence-electron chi connectivity index (χ4n) is 4.76. The number of carbonyl (C=O) groups is 3. The van der Waals surface area contributed by atoms with Gasteiger partial charge in [-0.25, -0.2) is 0 Å². The number of amides is 2. The molecule has 0 aliphatic carbocycles. The molecule has 0 bridgehead atoms. The number of carboxylic acid groups (broad SMARTS) is 1. The standard InChI is InChI=1S/C28H26Cl2IN3O4/c1-16(21-11-9-19(30)14-23(21)32)34-26(17-5-7-18(29)8-6-17)28(38)33(13-3-2-4-25(35)36)24-12-10-20(31)15-22(24)27(34)37/h5-12,14-16,26H,2-4,13,32H2,1H3,(H,35,36)/t16?,26-/m0/s1. The largest absolute Gasteiger partial charge is 0.481 e. The lowest BCUT2D eigenvalue weighted by Gasteiger charge is -2.36. The minimum Gasteiger partial charge on any atom is -0.481 e. The van der Waals surface area contributed by atoms with Crippen molar-refractivity contribution in [3.05, 3.63) is 91.0 Å². The molecule has 4 rings (SSSR count). The fourth-order valence-corrected chi connectivity index (χ4v) is 5.55. The minimum atomic E-state index is -0.977. The van der Waals surface area contributed by atoms with Gasteiger partial charge in [-0.2, -0.15) is 0 Å². The van der Waals surface area contributed by atoms with Crippen LogP contribution in [0.1, 0.15) is 59.8 Å². The van der Waals surface area contributed by atoms with Crippen molar-refractivity contribution in [2.75, 3.05) is 17.2 Å². The molecule has 3 N–H and O–H groups in total. The summed E-state index contributed by atoms with van der Waals surface area (Å²) in [6.45, 7) is 2.10. The van der Waals surface area contributed by atoms with Gasteiger partial charge in [-0.05, 0) is 95.9 Å². The zero-order valence-corrected chi connectivity index (χ0v) is 24.2. The highest BCUT2D eigenvalue weighted by atomic mass is 127. The van der Waals surface area contributed by atoms with Crippen LogP contribution in [-0.2, 0) is 9.59 Å². The van der Waals surface area contributed by atoms with E-state index in [4.69, 9.17) is 34.0 Å². The number of benzene rings is 3. The summed E-state index contributed by atoms with van der Waals surface area (Å²) >= 11 is 14.4. The van der Waals surface area contributed by atoms with Crippen molar-refractivity contribution in [2.45, 2.75) is 38.3 Å². The van der Waals surface area contributed by atoms with Gasteiger partial charge in [-0.3, -0.25) is 14.4 Å². The summed E-state index contributed by atoms with van der Waals surface area (Å²) in [4.78, 5) is 42.9. The summed E-state index contributed by atoms with van der Waals surface area (Å²) in [6.07, 6.45) is 0.866. The molecule has 0 spiro atoms. The van der Waals surface area contributed by atoms with Crippen LogP contribution in [0.4, 0.5) is 11.4 Å². The van der Waals surface area contributed by atoms with Crippen molar-refractivity contribution in [1.29, 1.82) is 0 Å². The maximum atomic E-state index is 14.4. The van der Waals surface area contributed by atoms with Crippen LogP contribution in [0.3, 0.4) is 0 Å². The van der Waals surface area contributed by atoms with Crippen molar-refractivity contribution < 1.29 is 19.5 Å². The molecule has 1 aliphatic heterocycles. The van der Waals surface area contributed by atoms with Crippen LogP contribution in [0.5, 0.6) is 0 Å². The second kappa shape index (κ2) is 11.9. The molecule has 2 amide bonds. The number of unbranched alkanes of at least 4 members (excludes halogenated alkanes) is 1. The highest BCUT2D eigenvalue weighted by molar-refractivity contribution is 14.1. The number of nitrogens with zero attached hydrogens (tertiary/aromatic N) is 2. The van der Waals surface area contributed by atoms with Gasteiger partial charge in [-0.1, -0.05) is 41.4 Å². The third-order valence-corrected chi connectivity index (χ3v) is 7.77. The molecule has 0 fully saturated rings. The number of hydrogen-bond donors (Lipinski definition) is 2. The molecule has 1 unspecified atom stereocenters. The first-order valence-corrected chi connectivity index (χ1v) is 13.9. The van der Waals surface area contributed by atoms with E-state index in [1.54, 1.807) is 64.4 Å². The van der Waals surface area contributed by atoms with Crippen LogP contribution < -0.4 is 10.6 Å². The summed E-state index contributed by atoms with van der Waals surface area (Å²) in [6, 6.07) is 15.8. The molecule has 0 aromatic heterocycles. The van der Waals surface area contributed by atoms with E-state index in [1.165, 1.54) is 0 Å². The highest BCUT2D eigenvalue weighted by Gasteiger charge is 2.43. The molecule has 1 heterocycles. The number of anilines is 2. The Morgan fingerprint density at radius 3 is 2.37 bits per heavy atom. The third kappa shape index (κ3) is 5.92. The Morgan fingerprint density at radius 2 is 1.71 bits per heavy atom. The summed E-state index contributed by atoms with van der Waals surface area (Å²) < 4.78 is 0.844. The zero-order valence-electron chi connectivity index (χ0n) is 20.5. The summed E-state index contributed by atoms with van der Waals surface area (Å²) in [7, 11) is 0. The van der Waals surface area contributed by atoms with Crippen LogP contribution >= 0.6 is 45.8 Å². The monoisotopic (exact) mass is 665 g/mol. The lowest BCUT2D eigenvalue weighted by Crippen LogP contribution is -2.44. The molecule has 0 saturated heterocycles. The van der Waals surface area contributed by atoms with E-state index in [9.17, 15) is 14.4 Å². The predicted octanol–water partition coefficient (Wildman–Crippen LogP) is 6.73. The maximum absolute atomic E-state index is 14.4. The predicted molar refractivity (Wildman–Crippen MR) is 158 cm³/mol. The number of rotatable bonds is 8. The number of fused-ring (bicyclic) bond motifs is 1. The van der Waals surface area contributed by atoms with Gasteiger partial charge < -0.3 is 20.6 Å². The highest BCUT2D eigenvalue weighted by Crippen LogP contribution is 2.41. The smallest absolute Gasteiger partial charge is 0.303 e. The van der Waals surface area contributed by atoms with E-state index in [-0.39, 0.29) is 24.8 Å². The van der Waals surface area contributed by atoms with Gasteiger partial charge in [0.05, 0.1) is 17.3 Å². The van der Waals surface area contributed by atoms with Crippen LogP contribution in [-0.4, -0.2) is 34.3 Å². The minimum absolute atomic E-state index is 0.000121.